The van der Waals surface area contributed by atoms with Gasteiger partial charge in [-0.3, -0.25) is 4.68 Å². The highest BCUT2D eigenvalue weighted by Gasteiger charge is 2.15. The van der Waals surface area contributed by atoms with E-state index in [0.29, 0.717) is 18.7 Å². The van der Waals surface area contributed by atoms with Crippen molar-refractivity contribution in [3.8, 4) is 11.4 Å². The van der Waals surface area contributed by atoms with Gasteiger partial charge in [-0.15, -0.1) is 0 Å². The normalized spacial score (nSPS) is 11.1. The summed E-state index contributed by atoms with van der Waals surface area (Å²) in [5.74, 6) is -0.839. The van der Waals surface area contributed by atoms with Crippen molar-refractivity contribution >= 4 is 12.1 Å². The summed E-state index contributed by atoms with van der Waals surface area (Å²) >= 11 is 0. The van der Waals surface area contributed by atoms with Crippen molar-refractivity contribution in [2.45, 2.75) is 32.9 Å². The Balaban J connectivity index is 1.93. The number of rotatable bonds is 5. The number of ether oxygens (including phenoxy) is 1. The van der Waals surface area contributed by atoms with Crippen molar-refractivity contribution < 1.29 is 19.4 Å². The molecule has 9 nitrogen and oxygen atoms in total. The fraction of sp³-hybridized carbons (Fsp3) is 0.400. The first-order valence-corrected chi connectivity index (χ1v) is 7.30. The van der Waals surface area contributed by atoms with Gasteiger partial charge in [0.2, 0.25) is 0 Å². The van der Waals surface area contributed by atoms with Gasteiger partial charge in [-0.05, 0) is 26.8 Å². The van der Waals surface area contributed by atoms with Crippen molar-refractivity contribution in [3.63, 3.8) is 0 Å². The van der Waals surface area contributed by atoms with Gasteiger partial charge in [0.05, 0.1) is 18.3 Å². The molecule has 0 saturated heterocycles. The van der Waals surface area contributed by atoms with Crippen LogP contribution in [0.15, 0.2) is 24.7 Å². The SMILES string of the molecule is CC(C)(C)OC(=O)NCCn1cc(-c2nccc(C(=O)O)n2)cn1. The lowest BCUT2D eigenvalue weighted by Crippen LogP contribution is -2.34. The molecule has 0 saturated carbocycles. The van der Waals surface area contributed by atoms with Crippen LogP contribution in [0.4, 0.5) is 4.79 Å². The molecule has 2 rings (SSSR count). The molecule has 0 aliphatic carbocycles. The molecule has 0 bridgehead atoms. The monoisotopic (exact) mass is 333 g/mol. The van der Waals surface area contributed by atoms with E-state index in [1.165, 1.54) is 18.5 Å². The lowest BCUT2D eigenvalue weighted by molar-refractivity contribution is 0.0525. The van der Waals surface area contributed by atoms with E-state index in [1.54, 1.807) is 31.6 Å². The summed E-state index contributed by atoms with van der Waals surface area (Å²) in [5, 5.41) is 15.7. The quantitative estimate of drug-likeness (QED) is 0.852. The standard InChI is InChI=1S/C15H19N5O4/c1-15(2,3)24-14(23)17-6-7-20-9-10(8-18-20)12-16-5-4-11(19-12)13(21)22/h4-5,8-9H,6-7H2,1-3H3,(H,17,23)(H,21,22). The fourth-order valence-corrected chi connectivity index (χ4v) is 1.80. The summed E-state index contributed by atoms with van der Waals surface area (Å²) in [7, 11) is 0. The Morgan fingerprint density at radius 3 is 2.79 bits per heavy atom. The van der Waals surface area contributed by atoms with E-state index in [1.807, 2.05) is 0 Å². The third kappa shape index (κ3) is 5.04. The Kier molecular flexibility index (Phi) is 5.12. The fourth-order valence-electron chi connectivity index (χ4n) is 1.80. The minimum atomic E-state index is -1.12. The highest BCUT2D eigenvalue weighted by molar-refractivity contribution is 5.85. The maximum absolute atomic E-state index is 11.5. The van der Waals surface area contributed by atoms with E-state index in [-0.39, 0.29) is 11.5 Å². The van der Waals surface area contributed by atoms with Crippen LogP contribution in [0.25, 0.3) is 11.4 Å². The number of aromatic carboxylic acids is 1. The lowest BCUT2D eigenvalue weighted by Gasteiger charge is -2.19. The highest BCUT2D eigenvalue weighted by Crippen LogP contribution is 2.13. The molecular weight excluding hydrogens is 314 g/mol. The van der Waals surface area contributed by atoms with E-state index in [4.69, 9.17) is 9.84 Å². The molecule has 0 aliphatic rings. The van der Waals surface area contributed by atoms with Crippen molar-refractivity contribution in [3.05, 3.63) is 30.4 Å². The van der Waals surface area contributed by atoms with E-state index >= 15 is 0 Å². The van der Waals surface area contributed by atoms with Crippen LogP contribution in [-0.4, -0.2) is 49.1 Å². The minimum absolute atomic E-state index is 0.0839. The second kappa shape index (κ2) is 7.07. The van der Waals surface area contributed by atoms with Gasteiger partial charge in [-0.1, -0.05) is 0 Å². The van der Waals surface area contributed by atoms with Crippen LogP contribution in [0, 0.1) is 0 Å². The second-order valence-electron chi connectivity index (χ2n) is 5.99. The molecule has 0 aromatic carbocycles. The maximum atomic E-state index is 11.5. The first kappa shape index (κ1) is 17.4. The maximum Gasteiger partial charge on any atom is 0.407 e. The number of carbonyl (C=O) groups excluding carboxylic acids is 1. The smallest absolute Gasteiger partial charge is 0.407 e. The van der Waals surface area contributed by atoms with Crippen LogP contribution in [0.5, 0.6) is 0 Å². The summed E-state index contributed by atoms with van der Waals surface area (Å²) in [6.45, 7) is 6.14. The van der Waals surface area contributed by atoms with E-state index in [0.717, 1.165) is 0 Å². The zero-order valence-electron chi connectivity index (χ0n) is 13.7. The number of alkyl carbamates (subject to hydrolysis) is 1. The molecular formula is C15H19N5O4. The van der Waals surface area contributed by atoms with Crippen molar-refractivity contribution in [1.82, 2.24) is 25.1 Å². The molecule has 0 spiro atoms. The summed E-state index contributed by atoms with van der Waals surface area (Å²) < 4.78 is 6.73. The molecule has 0 unspecified atom stereocenters. The van der Waals surface area contributed by atoms with Crippen LogP contribution in [0.2, 0.25) is 0 Å². The zero-order valence-corrected chi connectivity index (χ0v) is 13.7. The number of nitrogens with zero attached hydrogens (tertiary/aromatic N) is 4. The Bertz CT molecular complexity index is 735. The number of nitrogens with one attached hydrogen (secondary N) is 1. The Morgan fingerprint density at radius 2 is 2.12 bits per heavy atom. The average Bonchev–Trinajstić information content (AvgIpc) is 2.94. The van der Waals surface area contributed by atoms with Gasteiger partial charge in [0.15, 0.2) is 11.5 Å². The molecule has 0 fully saturated rings. The number of carboxylic acids is 1. The number of hydrogen-bond donors (Lipinski definition) is 2. The third-order valence-electron chi connectivity index (χ3n) is 2.78. The minimum Gasteiger partial charge on any atom is -0.477 e. The van der Waals surface area contributed by atoms with Gasteiger partial charge in [0, 0.05) is 18.9 Å². The van der Waals surface area contributed by atoms with Crippen LogP contribution in [0.1, 0.15) is 31.3 Å². The summed E-state index contributed by atoms with van der Waals surface area (Å²) in [6.07, 6.45) is 4.10. The summed E-state index contributed by atoms with van der Waals surface area (Å²) in [5.41, 5.74) is -0.0372. The van der Waals surface area contributed by atoms with Crippen molar-refractivity contribution in [2.75, 3.05) is 6.54 Å². The van der Waals surface area contributed by atoms with Gasteiger partial charge in [-0.2, -0.15) is 5.10 Å². The van der Waals surface area contributed by atoms with Gasteiger partial charge in [-0.25, -0.2) is 19.6 Å². The number of carbonyl (C=O) groups is 2. The molecule has 2 aromatic rings. The van der Waals surface area contributed by atoms with Crippen LogP contribution in [-0.2, 0) is 11.3 Å². The predicted octanol–water partition coefficient (Wildman–Crippen LogP) is 1.56. The molecule has 1 amide bonds. The van der Waals surface area contributed by atoms with Gasteiger partial charge < -0.3 is 15.2 Å². The van der Waals surface area contributed by atoms with Crippen LogP contribution >= 0.6 is 0 Å². The molecule has 0 radical (unpaired) electrons. The molecule has 2 N–H and O–H groups in total. The Morgan fingerprint density at radius 1 is 1.38 bits per heavy atom. The number of hydrogen-bond acceptors (Lipinski definition) is 6. The molecule has 2 aromatic heterocycles. The van der Waals surface area contributed by atoms with E-state index < -0.39 is 17.7 Å². The largest absolute Gasteiger partial charge is 0.477 e. The number of amides is 1. The molecule has 128 valence electrons. The molecule has 2 heterocycles. The highest BCUT2D eigenvalue weighted by atomic mass is 16.6. The summed E-state index contributed by atoms with van der Waals surface area (Å²) in [6, 6.07) is 1.32. The lowest BCUT2D eigenvalue weighted by atomic mass is 10.2. The number of carboxylic acid groups (broad SMARTS) is 1. The van der Waals surface area contributed by atoms with Crippen LogP contribution in [0.3, 0.4) is 0 Å². The first-order chi connectivity index (χ1) is 11.2. The van der Waals surface area contributed by atoms with E-state index in [2.05, 4.69) is 20.4 Å². The Hall–Kier alpha value is -2.97. The average molecular weight is 333 g/mol. The van der Waals surface area contributed by atoms with Crippen molar-refractivity contribution in [2.24, 2.45) is 0 Å². The molecule has 0 aliphatic heterocycles. The Labute approximate surface area is 138 Å². The molecule has 0 atom stereocenters. The molecule has 24 heavy (non-hydrogen) atoms. The summed E-state index contributed by atoms with van der Waals surface area (Å²) in [4.78, 5) is 30.5. The van der Waals surface area contributed by atoms with Gasteiger partial charge >= 0.3 is 12.1 Å². The predicted molar refractivity (Wildman–Crippen MR) is 84.4 cm³/mol. The van der Waals surface area contributed by atoms with Gasteiger partial charge in [0.25, 0.3) is 0 Å². The van der Waals surface area contributed by atoms with Crippen LogP contribution < -0.4 is 5.32 Å². The molecule has 9 heteroatoms. The third-order valence-corrected chi connectivity index (χ3v) is 2.78. The number of aromatic nitrogens is 4. The zero-order chi connectivity index (χ0) is 17.7. The second-order valence-corrected chi connectivity index (χ2v) is 5.99. The van der Waals surface area contributed by atoms with Crippen molar-refractivity contribution in [1.29, 1.82) is 0 Å². The first-order valence-electron chi connectivity index (χ1n) is 7.30. The topological polar surface area (TPSA) is 119 Å². The van der Waals surface area contributed by atoms with E-state index in [9.17, 15) is 9.59 Å². The van der Waals surface area contributed by atoms with Gasteiger partial charge in [0.1, 0.15) is 5.60 Å².